The molecule has 2 unspecified atom stereocenters. The number of carboxylic acid groups (broad SMARTS) is 2. The molecule has 0 N–H and O–H groups in total. The molecule has 4 amide bonds. The van der Waals surface area contributed by atoms with Gasteiger partial charge in [-0.05, 0) is 118 Å². The predicted molar refractivity (Wildman–Crippen MR) is 319 cm³/mol. The Hall–Kier alpha value is -7.50. The number of pyridine rings is 4. The summed E-state index contributed by atoms with van der Waals surface area (Å²) in [6.07, 6.45) is 7.51. The van der Waals surface area contributed by atoms with Crippen LogP contribution in [0.25, 0.3) is 22.8 Å². The summed E-state index contributed by atoms with van der Waals surface area (Å²) in [5, 5.41) is 38.7. The number of fused-ring (bicyclic) bond motifs is 4. The van der Waals surface area contributed by atoms with E-state index in [-0.39, 0.29) is 89.5 Å². The number of benzene rings is 3. The largest absolute Gasteiger partial charge is 3.00 e. The van der Waals surface area contributed by atoms with Gasteiger partial charge in [0.25, 0.3) is 0 Å². The molecule has 6 heterocycles. The van der Waals surface area contributed by atoms with Gasteiger partial charge in [-0.25, -0.2) is 9.80 Å². The molecule has 2 radical (unpaired) electrons. The third-order valence-electron chi connectivity index (χ3n) is 15.1. The minimum absolute atomic E-state index is 0. The van der Waals surface area contributed by atoms with Crippen LogP contribution in [0.2, 0.25) is 0 Å². The van der Waals surface area contributed by atoms with Crippen molar-refractivity contribution in [3.63, 3.8) is 0 Å². The van der Waals surface area contributed by atoms with Gasteiger partial charge in [0.05, 0.1) is 34.2 Å². The normalized spacial score (nSPS) is 23.2. The third-order valence-corrected chi connectivity index (χ3v) is 15.1. The van der Waals surface area contributed by atoms with Crippen molar-refractivity contribution < 1.29 is 78.6 Å². The molecular formula is C66H66Fe2N8O9Se2. The molecule has 6 atom stereocenters. The van der Waals surface area contributed by atoms with Crippen molar-refractivity contribution in [2.75, 3.05) is 9.80 Å². The predicted octanol–water partition coefficient (Wildman–Crippen LogP) is 8.76. The number of aryl methyl sites for hydroxylation is 2. The van der Waals surface area contributed by atoms with Crippen LogP contribution >= 0.6 is 0 Å². The number of carbonyl (C=O) groups excluding carboxylic acids is 6. The monoisotopic (exact) mass is 1390 g/mol. The van der Waals surface area contributed by atoms with E-state index >= 15 is 0 Å². The number of aliphatic carboxylic acids is 2. The van der Waals surface area contributed by atoms with E-state index in [2.05, 4.69) is 52.0 Å². The van der Waals surface area contributed by atoms with E-state index in [1.165, 1.54) is 19.9 Å². The number of imide groups is 2. The molecule has 2 aliphatic heterocycles. The van der Waals surface area contributed by atoms with E-state index in [1.807, 2.05) is 146 Å². The van der Waals surface area contributed by atoms with Crippen molar-refractivity contribution in [3.05, 3.63) is 194 Å². The van der Waals surface area contributed by atoms with Gasteiger partial charge in [-0.2, -0.15) is 0 Å². The van der Waals surface area contributed by atoms with Crippen LogP contribution in [0.5, 0.6) is 0 Å². The number of hydrogen-bond donors (Lipinski definition) is 0. The Morgan fingerprint density at radius 2 is 0.632 bits per heavy atom. The molecule has 2 saturated heterocycles. The first-order chi connectivity index (χ1) is 39.8. The van der Waals surface area contributed by atoms with Gasteiger partial charge in [0.2, 0.25) is 23.6 Å². The topological polar surface area (TPSA) is 283 Å². The van der Waals surface area contributed by atoms with Gasteiger partial charge >= 0.3 is 86.6 Å². The van der Waals surface area contributed by atoms with Crippen molar-refractivity contribution in [2.45, 2.75) is 93.9 Å². The fourth-order valence-electron chi connectivity index (χ4n) is 12.3. The summed E-state index contributed by atoms with van der Waals surface area (Å²) in [7, 11) is 0. The van der Waals surface area contributed by atoms with Crippen LogP contribution in [-0.2, 0) is 68.4 Å². The number of carbonyl (C=O) groups is 6. The average molecular weight is 1380 g/mol. The van der Waals surface area contributed by atoms with Gasteiger partial charge in [-0.3, -0.25) is 39.1 Å². The van der Waals surface area contributed by atoms with E-state index in [4.69, 9.17) is 10.5 Å². The van der Waals surface area contributed by atoms with Crippen molar-refractivity contribution in [2.24, 2.45) is 32.5 Å². The first-order valence-corrected chi connectivity index (χ1v) is 28.5. The summed E-state index contributed by atoms with van der Waals surface area (Å²) in [5.41, 5.74) is -2.07. The minimum Gasteiger partial charge on any atom is -2.00 e. The Morgan fingerprint density at radius 3 is 0.805 bits per heavy atom. The van der Waals surface area contributed by atoms with E-state index in [0.29, 0.717) is 11.1 Å². The minimum atomic E-state index is -1.36. The molecule has 4 aliphatic rings. The standard InChI is InChI=1S/C32H40N2O8.2C10H8N2.2C6H6.2CHNSe.2Fe.O/c1-17-9-18(2)20(34-23(37)29(5)12-30(6,24(34)38)16-32(8,15-29)26(41)42)10-19(17)33-21(35)27(3)11-28(4,22(33)36)14-31(7,13-27)25(39)40;2*1-3-7-11-9(5-1)10-6-2-4-8-12-10;2*1-2-4-6-5-3-1;2*2-1-3;;;/h9-10H,11-16H2,1-8H3,(H,39,40)(H,41,42);2*1-8H;2*1-6H;2*3H;;;/q;;;;;;;2*+3;-2/p-4/t27-,28+,29-,30+,31?,32?;;;;;;;;;. The zero-order chi connectivity index (χ0) is 61.9. The van der Waals surface area contributed by atoms with Crippen molar-refractivity contribution in [1.82, 2.24) is 19.9 Å². The van der Waals surface area contributed by atoms with Gasteiger partial charge in [0.15, 0.2) is 0 Å². The van der Waals surface area contributed by atoms with Crippen LogP contribution in [0.1, 0.15) is 91.2 Å². The zero-order valence-electron chi connectivity index (χ0n) is 49.3. The second-order valence-corrected chi connectivity index (χ2v) is 23.4. The van der Waals surface area contributed by atoms with Crippen LogP contribution in [0.15, 0.2) is 183 Å². The molecule has 452 valence electrons. The molecular weight excluding hydrogens is 1320 g/mol. The van der Waals surface area contributed by atoms with Crippen LogP contribution in [0.4, 0.5) is 11.4 Å². The van der Waals surface area contributed by atoms with Crippen LogP contribution < -0.4 is 20.0 Å². The first-order valence-electron chi connectivity index (χ1n) is 26.8. The van der Waals surface area contributed by atoms with E-state index in [9.17, 15) is 39.0 Å². The molecule has 4 fully saturated rings. The van der Waals surface area contributed by atoms with Gasteiger partial charge < -0.3 is 25.3 Å². The Labute approximate surface area is 546 Å². The van der Waals surface area contributed by atoms with Crippen LogP contribution in [0.3, 0.4) is 0 Å². The molecule has 4 bridgehead atoms. The van der Waals surface area contributed by atoms with Crippen molar-refractivity contribution >= 4 is 79.0 Å². The Morgan fingerprint density at radius 1 is 0.425 bits per heavy atom. The van der Waals surface area contributed by atoms with Gasteiger partial charge in [-0.15, -0.1) is 0 Å². The number of nitriles is 2. The van der Waals surface area contributed by atoms with Gasteiger partial charge in [0.1, 0.15) is 0 Å². The maximum atomic E-state index is 14.1. The molecule has 21 heteroatoms. The summed E-state index contributed by atoms with van der Waals surface area (Å²) in [5.74, 6) is -4.74. The van der Waals surface area contributed by atoms with Gasteiger partial charge in [-0.1, -0.05) is 145 Å². The fourth-order valence-corrected chi connectivity index (χ4v) is 12.3. The second kappa shape index (κ2) is 33.6. The summed E-state index contributed by atoms with van der Waals surface area (Å²) in [6.45, 7) is 13.2. The summed E-state index contributed by atoms with van der Waals surface area (Å²) < 4.78 is 0. The van der Waals surface area contributed by atoms with Crippen molar-refractivity contribution in [3.8, 4) is 32.7 Å². The van der Waals surface area contributed by atoms with E-state index in [0.717, 1.165) is 32.6 Å². The molecule has 2 aliphatic carbocycles. The maximum Gasteiger partial charge on any atom is 3.00 e. The number of rotatable bonds is 6. The molecule has 2 saturated carbocycles. The number of anilines is 2. The molecule has 11 rings (SSSR count). The number of piperidine rings is 2. The molecule has 0 spiro atoms. The SMILES string of the molecule is Cc1cc(C)c(N2C(=O)[C@@]3(C)CC(C)(C(=O)[O-])C[C@](C)(C3)C2=O)cc1N1C(=O)[C@@]2(C)CC(C)(C(=O)[O-])C[C@](C)(C2)C1=O.N#C[Se-].N#C[Se-].[Fe+3].[Fe+3].[O-2].c1ccc(-c2ccccn2)nc1.c1ccc(-c2ccccn2)nc1.c1ccccc1.c1ccccc1. The van der Waals surface area contributed by atoms with Crippen LogP contribution in [0, 0.1) is 66.8 Å². The fraction of sp³-hybridized carbons (Fsp3) is 0.303. The molecule has 7 aromatic rings. The van der Waals surface area contributed by atoms with Crippen LogP contribution in [-0.4, -0.2) is 87.5 Å². The third kappa shape index (κ3) is 18.8. The van der Waals surface area contributed by atoms with E-state index < -0.39 is 68.1 Å². The number of carboxylic acids is 2. The smallest absolute Gasteiger partial charge is 2.00 e. The number of aromatic nitrogens is 4. The summed E-state index contributed by atoms with van der Waals surface area (Å²) >= 11 is 4.22. The molecule has 17 nitrogen and oxygen atoms in total. The average Bonchev–Trinajstić information content (AvgIpc) is 0.728. The summed E-state index contributed by atoms with van der Waals surface area (Å²) in [4.78, 5) is 103. The quantitative estimate of drug-likeness (QED) is 0.111. The first kappa shape index (κ1) is 75.6. The number of amides is 4. The Bertz CT molecular complexity index is 3070. The Balaban J connectivity index is 0.000000459. The molecule has 4 aromatic heterocycles. The zero-order valence-corrected chi connectivity index (χ0v) is 55.0. The number of nitrogens with zero attached hydrogens (tertiary/aromatic N) is 8. The molecule has 87 heavy (non-hydrogen) atoms. The van der Waals surface area contributed by atoms with E-state index in [1.54, 1.807) is 82.3 Å². The van der Waals surface area contributed by atoms with Crippen molar-refractivity contribution in [1.29, 1.82) is 10.5 Å². The number of hydrogen-bond acceptors (Lipinski definition) is 14. The maximum absolute atomic E-state index is 14.1. The Kier molecular flexibility index (Phi) is 29.2. The summed E-state index contributed by atoms with van der Waals surface area (Å²) in [6, 6.07) is 50.4. The second-order valence-electron chi connectivity index (χ2n) is 22.7. The molecule has 3 aromatic carbocycles. The van der Waals surface area contributed by atoms with Gasteiger partial charge in [0, 0.05) is 69.2 Å².